The van der Waals surface area contributed by atoms with E-state index >= 15 is 0 Å². The number of imidazole rings is 1. The van der Waals surface area contributed by atoms with Crippen molar-refractivity contribution in [3.63, 3.8) is 0 Å². The normalized spacial score (nSPS) is 15.2. The quantitative estimate of drug-likeness (QED) is 0.401. The number of halogens is 1. The molecule has 0 bridgehead atoms. The third kappa shape index (κ3) is 5.08. The lowest BCUT2D eigenvalue weighted by Crippen LogP contribution is -2.45. The number of rotatable bonds is 7. The first-order chi connectivity index (χ1) is 17.4. The molecule has 1 N–H and O–H groups in total. The summed E-state index contributed by atoms with van der Waals surface area (Å²) in [6.45, 7) is 14.8. The van der Waals surface area contributed by atoms with Gasteiger partial charge in [-0.15, -0.1) is 0 Å². The Morgan fingerprint density at radius 2 is 1.69 bits per heavy atom. The van der Waals surface area contributed by atoms with Crippen molar-refractivity contribution >= 4 is 22.8 Å². The molecular weight excluding hydrogens is 455 g/mol. The SMILES string of the molecule is CCN1CCN(Cc2ccc(Nc3cc(-c4cnc5nc(C)n(C(C)C)c5c4)c(F)cn3)nc2)CC1. The van der Waals surface area contributed by atoms with Gasteiger partial charge in [0.1, 0.15) is 23.3 Å². The number of anilines is 2. The fourth-order valence-electron chi connectivity index (χ4n) is 4.86. The molecule has 1 aliphatic rings. The van der Waals surface area contributed by atoms with Crippen LogP contribution in [0.1, 0.15) is 38.2 Å². The zero-order chi connectivity index (χ0) is 25.2. The lowest BCUT2D eigenvalue weighted by atomic mass is 10.1. The van der Waals surface area contributed by atoms with Crippen molar-refractivity contribution in [1.29, 1.82) is 0 Å². The largest absolute Gasteiger partial charge is 0.325 e. The van der Waals surface area contributed by atoms with Crippen molar-refractivity contribution in [3.8, 4) is 11.1 Å². The van der Waals surface area contributed by atoms with Crippen LogP contribution in [-0.2, 0) is 6.54 Å². The molecule has 0 atom stereocenters. The molecule has 1 saturated heterocycles. The summed E-state index contributed by atoms with van der Waals surface area (Å²) < 4.78 is 16.9. The summed E-state index contributed by atoms with van der Waals surface area (Å²) in [5, 5.41) is 3.21. The molecule has 0 amide bonds. The number of hydrogen-bond donors (Lipinski definition) is 1. The molecule has 1 fully saturated rings. The van der Waals surface area contributed by atoms with Gasteiger partial charge in [-0.2, -0.15) is 0 Å². The van der Waals surface area contributed by atoms with E-state index in [1.165, 1.54) is 11.8 Å². The van der Waals surface area contributed by atoms with E-state index in [-0.39, 0.29) is 6.04 Å². The van der Waals surface area contributed by atoms with E-state index in [0.717, 1.165) is 50.6 Å². The Kier molecular flexibility index (Phi) is 6.93. The van der Waals surface area contributed by atoms with Crippen LogP contribution in [0.4, 0.5) is 16.0 Å². The molecule has 9 heteroatoms. The second kappa shape index (κ2) is 10.3. The van der Waals surface area contributed by atoms with Crippen LogP contribution < -0.4 is 5.32 Å². The first kappa shape index (κ1) is 24.3. The van der Waals surface area contributed by atoms with Gasteiger partial charge >= 0.3 is 0 Å². The fourth-order valence-corrected chi connectivity index (χ4v) is 4.86. The number of aryl methyl sites for hydroxylation is 1. The molecular formula is C27H33FN8. The monoisotopic (exact) mass is 488 g/mol. The summed E-state index contributed by atoms with van der Waals surface area (Å²) >= 11 is 0. The van der Waals surface area contributed by atoms with Gasteiger partial charge in [0.05, 0.1) is 11.7 Å². The minimum atomic E-state index is -0.402. The molecule has 0 unspecified atom stereocenters. The second-order valence-electron chi connectivity index (χ2n) is 9.63. The fraction of sp³-hybridized carbons (Fsp3) is 0.407. The van der Waals surface area contributed by atoms with Gasteiger partial charge in [0, 0.05) is 62.3 Å². The predicted octanol–water partition coefficient (Wildman–Crippen LogP) is 4.80. The minimum absolute atomic E-state index is 0.224. The van der Waals surface area contributed by atoms with E-state index in [1.807, 2.05) is 25.3 Å². The van der Waals surface area contributed by atoms with Gasteiger partial charge in [-0.3, -0.25) is 4.90 Å². The summed E-state index contributed by atoms with van der Waals surface area (Å²) in [4.78, 5) is 22.7. The van der Waals surface area contributed by atoms with Crippen LogP contribution in [0.5, 0.6) is 0 Å². The van der Waals surface area contributed by atoms with Crippen LogP contribution in [0.2, 0.25) is 0 Å². The smallest absolute Gasteiger partial charge is 0.177 e. The van der Waals surface area contributed by atoms with E-state index in [1.54, 1.807) is 12.3 Å². The molecule has 0 aliphatic carbocycles. The number of pyridine rings is 3. The Balaban J connectivity index is 1.32. The summed E-state index contributed by atoms with van der Waals surface area (Å²) in [6, 6.07) is 7.89. The maximum atomic E-state index is 14.8. The van der Waals surface area contributed by atoms with Gasteiger partial charge in [-0.25, -0.2) is 24.3 Å². The Hall–Kier alpha value is -3.43. The van der Waals surface area contributed by atoms with E-state index in [0.29, 0.717) is 28.4 Å². The molecule has 8 nitrogen and oxygen atoms in total. The number of fused-ring (bicyclic) bond motifs is 1. The van der Waals surface area contributed by atoms with Crippen molar-refractivity contribution in [2.24, 2.45) is 0 Å². The van der Waals surface area contributed by atoms with Gasteiger partial charge in [-0.1, -0.05) is 13.0 Å². The minimum Gasteiger partial charge on any atom is -0.325 e. The highest BCUT2D eigenvalue weighted by atomic mass is 19.1. The highest BCUT2D eigenvalue weighted by molar-refractivity contribution is 5.80. The van der Waals surface area contributed by atoms with Gasteiger partial charge in [-0.05, 0) is 51.1 Å². The van der Waals surface area contributed by atoms with Crippen molar-refractivity contribution in [2.75, 3.05) is 38.0 Å². The van der Waals surface area contributed by atoms with Crippen molar-refractivity contribution in [1.82, 2.24) is 34.3 Å². The summed E-state index contributed by atoms with van der Waals surface area (Å²) in [7, 11) is 0. The Morgan fingerprint density at radius 1 is 0.944 bits per heavy atom. The van der Waals surface area contributed by atoms with Gasteiger partial charge < -0.3 is 14.8 Å². The van der Waals surface area contributed by atoms with Crippen molar-refractivity contribution in [3.05, 3.63) is 60.1 Å². The molecule has 4 aromatic heterocycles. The molecule has 5 heterocycles. The first-order valence-electron chi connectivity index (χ1n) is 12.6. The van der Waals surface area contributed by atoms with Gasteiger partial charge in [0.25, 0.3) is 0 Å². The number of hydrogen-bond acceptors (Lipinski definition) is 7. The summed E-state index contributed by atoms with van der Waals surface area (Å²) in [5.74, 6) is 1.68. The van der Waals surface area contributed by atoms with E-state index in [2.05, 4.69) is 66.5 Å². The number of likely N-dealkylation sites (N-methyl/N-ethyl adjacent to an activating group) is 1. The van der Waals surface area contributed by atoms with E-state index in [4.69, 9.17) is 0 Å². The van der Waals surface area contributed by atoms with Crippen LogP contribution in [0.15, 0.2) is 42.9 Å². The van der Waals surface area contributed by atoms with Crippen LogP contribution in [0.3, 0.4) is 0 Å². The zero-order valence-corrected chi connectivity index (χ0v) is 21.4. The molecule has 5 rings (SSSR count). The maximum Gasteiger partial charge on any atom is 0.177 e. The molecule has 36 heavy (non-hydrogen) atoms. The third-order valence-corrected chi connectivity index (χ3v) is 6.81. The second-order valence-corrected chi connectivity index (χ2v) is 9.63. The highest BCUT2D eigenvalue weighted by Crippen LogP contribution is 2.29. The predicted molar refractivity (Wildman–Crippen MR) is 141 cm³/mol. The molecule has 0 spiro atoms. The summed E-state index contributed by atoms with van der Waals surface area (Å²) in [5.41, 5.74) is 3.83. The molecule has 1 aliphatic heterocycles. The van der Waals surface area contributed by atoms with Crippen molar-refractivity contribution in [2.45, 2.75) is 40.3 Å². The number of nitrogens with zero attached hydrogens (tertiary/aromatic N) is 7. The average molecular weight is 489 g/mol. The third-order valence-electron chi connectivity index (χ3n) is 6.81. The molecule has 4 aromatic rings. The number of nitrogens with one attached hydrogen (secondary N) is 1. The topological polar surface area (TPSA) is 75.0 Å². The van der Waals surface area contributed by atoms with Crippen LogP contribution in [0.25, 0.3) is 22.3 Å². The zero-order valence-electron chi connectivity index (χ0n) is 21.4. The average Bonchev–Trinajstić information content (AvgIpc) is 3.22. The van der Waals surface area contributed by atoms with Crippen LogP contribution >= 0.6 is 0 Å². The Labute approximate surface area is 211 Å². The molecule has 0 aromatic carbocycles. The first-order valence-corrected chi connectivity index (χ1v) is 12.6. The van der Waals surface area contributed by atoms with E-state index in [9.17, 15) is 4.39 Å². The molecule has 188 valence electrons. The Bertz CT molecular complexity index is 1340. The van der Waals surface area contributed by atoms with Gasteiger partial charge in [0.15, 0.2) is 5.65 Å². The van der Waals surface area contributed by atoms with Gasteiger partial charge in [0.2, 0.25) is 0 Å². The van der Waals surface area contributed by atoms with Crippen molar-refractivity contribution < 1.29 is 4.39 Å². The van der Waals surface area contributed by atoms with Crippen LogP contribution in [-0.4, -0.2) is 67.0 Å². The number of piperazine rings is 1. The van der Waals surface area contributed by atoms with Crippen LogP contribution in [0, 0.1) is 12.7 Å². The number of aromatic nitrogens is 5. The molecule has 0 saturated carbocycles. The molecule has 0 radical (unpaired) electrons. The lowest BCUT2D eigenvalue weighted by molar-refractivity contribution is 0.132. The Morgan fingerprint density at radius 3 is 2.39 bits per heavy atom. The summed E-state index contributed by atoms with van der Waals surface area (Å²) in [6.07, 6.45) is 4.79. The highest BCUT2D eigenvalue weighted by Gasteiger charge is 2.17. The standard InChI is InChI=1S/C27H33FN8/c1-5-34-8-10-35(11-9-34)17-20-6-7-25(29-14-20)33-26-13-22(23(28)16-30-26)21-12-24-27(31-15-21)32-19(4)36(24)18(2)3/h6-7,12-16,18H,5,8-11,17H2,1-4H3,(H,29,30,33). The maximum absolute atomic E-state index is 14.8. The van der Waals surface area contributed by atoms with E-state index < -0.39 is 5.82 Å². The lowest BCUT2D eigenvalue weighted by Gasteiger charge is -2.33.